The van der Waals surface area contributed by atoms with Crippen molar-refractivity contribution in [3.05, 3.63) is 84.7 Å². The molecule has 1 rings (SSSR count). The van der Waals surface area contributed by atoms with E-state index in [0.29, 0.717) is 11.3 Å². The fraction of sp³-hybridized carbons (Fsp3) is 0.333. The minimum atomic E-state index is -0.476. The maximum atomic E-state index is 12.3. The predicted molar refractivity (Wildman–Crippen MR) is 119 cm³/mol. The van der Waals surface area contributed by atoms with Crippen molar-refractivity contribution in [1.29, 1.82) is 0 Å². The summed E-state index contributed by atoms with van der Waals surface area (Å²) in [6, 6.07) is 0.160. The Balaban J connectivity index is 3.01. The number of alkyl carbamates (subject to hydrolysis) is 1. The fourth-order valence-corrected chi connectivity index (χ4v) is 3.02. The Morgan fingerprint density at radius 1 is 0.966 bits per heavy atom. The number of carbonyl (C=O) groups excluding carboxylic acids is 2. The summed E-state index contributed by atoms with van der Waals surface area (Å²) >= 11 is 0. The van der Waals surface area contributed by atoms with E-state index in [9.17, 15) is 9.59 Å². The van der Waals surface area contributed by atoms with Crippen molar-refractivity contribution in [2.75, 3.05) is 7.05 Å². The molecule has 0 aromatic heterocycles. The molecule has 0 bridgehead atoms. The molecule has 0 radical (unpaired) electrons. The summed E-state index contributed by atoms with van der Waals surface area (Å²) in [6.45, 7) is 12.9. The lowest BCUT2D eigenvalue weighted by molar-refractivity contribution is -0.116. The molecule has 0 aromatic carbocycles. The van der Waals surface area contributed by atoms with Crippen LogP contribution in [-0.2, 0) is 9.53 Å². The van der Waals surface area contributed by atoms with Crippen LogP contribution in [-0.4, -0.2) is 25.1 Å². The molecule has 29 heavy (non-hydrogen) atoms. The molecule has 5 heteroatoms. The standard InChI is InChI=1S/C24H32N2O3/c1-6-12-20(17-19(8-3)23(27)25-5)18(4)16-22(13-7-2)29-24(28)26-21-14-10-9-11-15-21/h6-8,12-13,16-17,21H,1-3,9-11,14-15H2,4-5H3,(H,25,27)(H,26,28)/b18-16+,19-17+,20-12+,22-13+. The highest BCUT2D eigenvalue weighted by Gasteiger charge is 2.17. The number of ether oxygens (including phenoxy) is 1. The molecule has 0 aliphatic heterocycles. The van der Waals surface area contributed by atoms with Crippen molar-refractivity contribution in [2.24, 2.45) is 0 Å². The predicted octanol–water partition coefficient (Wildman–Crippen LogP) is 5.03. The zero-order valence-electron chi connectivity index (χ0n) is 17.5. The van der Waals surface area contributed by atoms with Gasteiger partial charge in [-0.1, -0.05) is 63.3 Å². The third kappa shape index (κ3) is 8.64. The van der Waals surface area contributed by atoms with Crippen LogP contribution in [0.4, 0.5) is 4.79 Å². The molecule has 0 unspecified atom stereocenters. The van der Waals surface area contributed by atoms with E-state index in [-0.39, 0.29) is 11.9 Å². The summed E-state index contributed by atoms with van der Waals surface area (Å²) in [4.78, 5) is 24.2. The van der Waals surface area contributed by atoms with E-state index in [1.165, 1.54) is 12.5 Å². The highest BCUT2D eigenvalue weighted by atomic mass is 16.6. The fourth-order valence-electron chi connectivity index (χ4n) is 3.02. The highest BCUT2D eigenvalue weighted by Crippen LogP contribution is 2.19. The number of allylic oxidation sites excluding steroid dienone is 8. The molecule has 1 fully saturated rings. The van der Waals surface area contributed by atoms with Gasteiger partial charge in [-0.05, 0) is 49.1 Å². The van der Waals surface area contributed by atoms with Gasteiger partial charge < -0.3 is 15.4 Å². The molecule has 2 N–H and O–H groups in total. The molecule has 1 saturated carbocycles. The number of nitrogens with one attached hydrogen (secondary N) is 2. The number of rotatable bonds is 9. The maximum Gasteiger partial charge on any atom is 0.412 e. The molecule has 0 heterocycles. The summed E-state index contributed by atoms with van der Waals surface area (Å²) in [5, 5.41) is 5.50. The lowest BCUT2D eigenvalue weighted by Gasteiger charge is -2.22. The van der Waals surface area contributed by atoms with Gasteiger partial charge in [-0.3, -0.25) is 4.79 Å². The van der Waals surface area contributed by atoms with Gasteiger partial charge >= 0.3 is 6.09 Å². The summed E-state index contributed by atoms with van der Waals surface area (Å²) < 4.78 is 5.48. The van der Waals surface area contributed by atoms with Crippen LogP contribution in [0.25, 0.3) is 0 Å². The average molecular weight is 397 g/mol. The number of likely N-dealkylation sites (N-methyl/N-ethyl adjacent to an activating group) is 1. The third-order valence-electron chi connectivity index (χ3n) is 4.55. The van der Waals surface area contributed by atoms with Gasteiger partial charge in [0.1, 0.15) is 5.76 Å². The van der Waals surface area contributed by atoms with Crippen molar-refractivity contribution in [1.82, 2.24) is 10.6 Å². The van der Waals surface area contributed by atoms with Gasteiger partial charge in [-0.25, -0.2) is 4.79 Å². The number of carbonyl (C=O) groups is 2. The van der Waals surface area contributed by atoms with Crippen molar-refractivity contribution < 1.29 is 14.3 Å². The van der Waals surface area contributed by atoms with Crippen LogP contribution >= 0.6 is 0 Å². The first-order valence-electron chi connectivity index (χ1n) is 9.83. The van der Waals surface area contributed by atoms with Crippen molar-refractivity contribution >= 4 is 12.0 Å². The van der Waals surface area contributed by atoms with E-state index in [1.54, 1.807) is 43.5 Å². The number of hydrogen-bond acceptors (Lipinski definition) is 3. The first kappa shape index (κ1) is 24.0. The largest absolute Gasteiger partial charge is 0.412 e. The third-order valence-corrected chi connectivity index (χ3v) is 4.55. The smallest absolute Gasteiger partial charge is 0.410 e. The van der Waals surface area contributed by atoms with Crippen molar-refractivity contribution in [2.45, 2.75) is 45.1 Å². The van der Waals surface area contributed by atoms with Crippen LogP contribution in [0.2, 0.25) is 0 Å². The van der Waals surface area contributed by atoms with Gasteiger partial charge in [0.15, 0.2) is 0 Å². The van der Waals surface area contributed by atoms with Crippen molar-refractivity contribution in [3.63, 3.8) is 0 Å². The van der Waals surface area contributed by atoms with E-state index in [1.807, 2.05) is 6.92 Å². The minimum absolute atomic E-state index is 0.160. The van der Waals surface area contributed by atoms with Crippen molar-refractivity contribution in [3.8, 4) is 0 Å². The molecule has 5 nitrogen and oxygen atoms in total. The molecule has 0 spiro atoms. The lowest BCUT2D eigenvalue weighted by atomic mass is 9.96. The Morgan fingerprint density at radius 2 is 1.62 bits per heavy atom. The van der Waals surface area contributed by atoms with Gasteiger partial charge in [0.2, 0.25) is 0 Å². The number of hydrogen-bond donors (Lipinski definition) is 2. The maximum absolute atomic E-state index is 12.3. The van der Waals surface area contributed by atoms with E-state index < -0.39 is 6.09 Å². The molecule has 2 amide bonds. The summed E-state index contributed by atoms with van der Waals surface area (Å²) in [7, 11) is 1.56. The Hall–Kier alpha value is -3.08. The second kappa shape index (κ2) is 13.2. The quantitative estimate of drug-likeness (QED) is 0.326. The van der Waals surface area contributed by atoms with Gasteiger partial charge in [0, 0.05) is 18.7 Å². The van der Waals surface area contributed by atoms with Crippen LogP contribution in [0.15, 0.2) is 84.7 Å². The molecule has 0 saturated heterocycles. The summed E-state index contributed by atoms with van der Waals surface area (Å²) in [5.41, 5.74) is 1.94. The molecule has 156 valence electrons. The van der Waals surface area contributed by atoms with E-state index in [0.717, 1.165) is 36.8 Å². The van der Waals surface area contributed by atoms with Gasteiger partial charge in [0.25, 0.3) is 5.91 Å². The molecule has 0 atom stereocenters. The Morgan fingerprint density at radius 3 is 2.17 bits per heavy atom. The Labute approximate surface area is 174 Å². The van der Waals surface area contributed by atoms with E-state index >= 15 is 0 Å². The summed E-state index contributed by atoms with van der Waals surface area (Å²) in [6.07, 6.45) is 16.4. The first-order valence-corrected chi connectivity index (χ1v) is 9.83. The van der Waals surface area contributed by atoms with E-state index in [2.05, 4.69) is 30.4 Å². The zero-order valence-corrected chi connectivity index (χ0v) is 17.5. The van der Waals surface area contributed by atoms with Crippen LogP contribution in [0.5, 0.6) is 0 Å². The molecule has 1 aliphatic carbocycles. The van der Waals surface area contributed by atoms with Crippen LogP contribution < -0.4 is 10.6 Å². The molecule has 1 aliphatic rings. The SMILES string of the molecule is C=C\C=C(/C=C(C)/C(/C=C(\C=C)C(=O)NC)=C/C=C)OC(=O)NC1CCCCC1. The summed E-state index contributed by atoms with van der Waals surface area (Å²) in [5.74, 6) is 0.113. The first-order chi connectivity index (χ1) is 13.9. The van der Waals surface area contributed by atoms with Crippen LogP contribution in [0.1, 0.15) is 39.0 Å². The zero-order chi connectivity index (χ0) is 21.6. The molecular formula is C24H32N2O3. The molecular weight excluding hydrogens is 364 g/mol. The van der Waals surface area contributed by atoms with Gasteiger partial charge in [0.05, 0.1) is 0 Å². The number of amides is 2. The second-order valence-corrected chi connectivity index (χ2v) is 6.74. The van der Waals surface area contributed by atoms with Gasteiger partial charge in [-0.15, -0.1) is 0 Å². The van der Waals surface area contributed by atoms with Crippen LogP contribution in [0, 0.1) is 0 Å². The van der Waals surface area contributed by atoms with Gasteiger partial charge in [-0.2, -0.15) is 0 Å². The van der Waals surface area contributed by atoms with Crippen LogP contribution in [0.3, 0.4) is 0 Å². The normalized spacial score (nSPS) is 16.6. The topological polar surface area (TPSA) is 67.4 Å². The highest BCUT2D eigenvalue weighted by molar-refractivity contribution is 5.96. The monoisotopic (exact) mass is 396 g/mol. The molecule has 0 aromatic rings. The average Bonchev–Trinajstić information content (AvgIpc) is 2.71. The Bertz CT molecular complexity index is 748. The van der Waals surface area contributed by atoms with E-state index in [4.69, 9.17) is 4.74 Å². The lowest BCUT2D eigenvalue weighted by Crippen LogP contribution is -2.36. The second-order valence-electron chi connectivity index (χ2n) is 6.74. The Kier molecular flexibility index (Phi) is 10.9. The minimum Gasteiger partial charge on any atom is -0.410 e.